The van der Waals surface area contributed by atoms with Crippen LogP contribution in [0.4, 0.5) is 13.2 Å². The quantitative estimate of drug-likeness (QED) is 0.923. The molecule has 1 N–H and O–H groups in total. The summed E-state index contributed by atoms with van der Waals surface area (Å²) in [5, 5.41) is 6.48. The lowest BCUT2D eigenvalue weighted by Gasteiger charge is -2.17. The van der Waals surface area contributed by atoms with Crippen molar-refractivity contribution in [2.45, 2.75) is 44.9 Å². The van der Waals surface area contributed by atoms with E-state index < -0.39 is 29.4 Å². The van der Waals surface area contributed by atoms with Crippen LogP contribution in [0.5, 0.6) is 0 Å². The second-order valence-electron chi connectivity index (χ2n) is 6.21. The van der Waals surface area contributed by atoms with Crippen molar-refractivity contribution < 1.29 is 18.0 Å². The minimum Gasteiger partial charge on any atom is -0.345 e. The number of nitrogens with one attached hydrogen (secondary N) is 1. The molecule has 1 amide bonds. The van der Waals surface area contributed by atoms with Crippen molar-refractivity contribution in [1.82, 2.24) is 15.1 Å². The van der Waals surface area contributed by atoms with Crippen molar-refractivity contribution in [3.05, 3.63) is 52.8 Å². The van der Waals surface area contributed by atoms with Crippen LogP contribution in [0.2, 0.25) is 0 Å². The van der Waals surface area contributed by atoms with Crippen molar-refractivity contribution in [3.8, 4) is 0 Å². The van der Waals surface area contributed by atoms with Crippen LogP contribution in [0.25, 0.3) is 0 Å². The largest absolute Gasteiger partial charge is 0.433 e. The first-order chi connectivity index (χ1) is 11.3. The summed E-state index contributed by atoms with van der Waals surface area (Å²) in [6.07, 6.45) is -2.15. The molecular weight excluding hydrogens is 319 g/mol. The van der Waals surface area contributed by atoms with E-state index in [4.69, 9.17) is 0 Å². The Hall–Kier alpha value is -2.31. The summed E-state index contributed by atoms with van der Waals surface area (Å²) >= 11 is 0. The van der Waals surface area contributed by atoms with E-state index >= 15 is 0 Å². The summed E-state index contributed by atoms with van der Waals surface area (Å²) in [7, 11) is 0. The van der Waals surface area contributed by atoms with Gasteiger partial charge in [0, 0.05) is 6.04 Å². The van der Waals surface area contributed by atoms with Crippen molar-refractivity contribution in [2.75, 3.05) is 0 Å². The normalized spacial score (nSPS) is 17.2. The van der Waals surface area contributed by atoms with Gasteiger partial charge in [-0.05, 0) is 37.8 Å². The topological polar surface area (TPSA) is 46.9 Å². The fourth-order valence-electron chi connectivity index (χ4n) is 3.15. The van der Waals surface area contributed by atoms with Crippen molar-refractivity contribution in [1.29, 1.82) is 0 Å². The number of aryl methyl sites for hydroxylation is 1. The number of amides is 1. The van der Waals surface area contributed by atoms with E-state index in [1.165, 1.54) is 0 Å². The molecule has 3 rings (SSSR count). The monoisotopic (exact) mass is 337 g/mol. The molecule has 1 aromatic carbocycles. The van der Waals surface area contributed by atoms with E-state index in [0.717, 1.165) is 28.4 Å². The van der Waals surface area contributed by atoms with Crippen LogP contribution in [0, 0.1) is 0 Å². The number of nitrogens with zero attached hydrogens (tertiary/aromatic N) is 2. The number of carbonyl (C=O) groups is 1. The lowest BCUT2D eigenvalue weighted by atomic mass is 10.1. The Morgan fingerprint density at radius 2 is 2.04 bits per heavy atom. The highest BCUT2D eigenvalue weighted by atomic mass is 19.4. The van der Waals surface area contributed by atoms with Crippen molar-refractivity contribution in [3.63, 3.8) is 0 Å². The molecule has 4 nitrogen and oxygen atoms in total. The Morgan fingerprint density at radius 3 is 2.71 bits per heavy atom. The zero-order valence-corrected chi connectivity index (χ0v) is 13.4. The zero-order valence-electron chi connectivity index (χ0n) is 13.4. The van der Waals surface area contributed by atoms with Gasteiger partial charge in [-0.1, -0.05) is 24.3 Å². The summed E-state index contributed by atoms with van der Waals surface area (Å²) < 4.78 is 41.0. The van der Waals surface area contributed by atoms with Gasteiger partial charge in [0.15, 0.2) is 5.69 Å². The minimum absolute atomic E-state index is 0.266. The Bertz CT molecular complexity index is 765. The van der Waals surface area contributed by atoms with E-state index in [1.807, 2.05) is 24.3 Å². The van der Waals surface area contributed by atoms with Crippen LogP contribution >= 0.6 is 0 Å². The molecule has 0 bridgehead atoms. The molecule has 24 heavy (non-hydrogen) atoms. The maximum absolute atomic E-state index is 13.4. The predicted octanol–water partition coefficient (Wildman–Crippen LogP) is 3.90. The van der Waals surface area contributed by atoms with E-state index in [-0.39, 0.29) is 6.04 Å². The molecule has 1 heterocycles. The number of fused-ring (bicyclic) bond motifs is 1. The number of alkyl halides is 3. The standard InChI is InChI=1S/C17H18F3N3O/c1-10(2)23-15(17(18,19)20)13(9-21-23)16(24)22-14-8-7-11-5-3-4-6-12(11)14/h3-6,9-10,14H,7-8H2,1-2H3,(H,22,24)/t14-/m1/s1. The molecule has 0 saturated heterocycles. The van der Waals surface area contributed by atoms with Crippen molar-refractivity contribution >= 4 is 5.91 Å². The highest BCUT2D eigenvalue weighted by Crippen LogP contribution is 2.35. The first-order valence-corrected chi connectivity index (χ1v) is 7.82. The van der Waals surface area contributed by atoms with Gasteiger partial charge in [-0.25, -0.2) is 0 Å². The molecule has 1 aromatic heterocycles. The Balaban J connectivity index is 1.89. The number of benzene rings is 1. The SMILES string of the molecule is CC(C)n1ncc(C(=O)N[C@@H]2CCc3ccccc32)c1C(F)(F)F. The number of carbonyl (C=O) groups excluding carboxylic acids is 1. The minimum atomic E-state index is -4.64. The number of hydrogen-bond donors (Lipinski definition) is 1. The second kappa shape index (κ2) is 5.96. The summed E-state index contributed by atoms with van der Waals surface area (Å²) in [5.74, 6) is -0.740. The van der Waals surface area contributed by atoms with E-state index in [9.17, 15) is 18.0 Å². The predicted molar refractivity (Wildman–Crippen MR) is 82.6 cm³/mol. The highest BCUT2D eigenvalue weighted by molar-refractivity contribution is 5.95. The molecule has 1 atom stereocenters. The van der Waals surface area contributed by atoms with Gasteiger partial charge in [0.25, 0.3) is 5.91 Å². The number of aromatic nitrogens is 2. The van der Waals surface area contributed by atoms with Crippen LogP contribution in [0.15, 0.2) is 30.5 Å². The molecule has 2 aromatic rings. The molecule has 0 aliphatic heterocycles. The Morgan fingerprint density at radius 1 is 1.33 bits per heavy atom. The Kier molecular flexibility index (Phi) is 4.11. The van der Waals surface area contributed by atoms with Crippen LogP contribution in [0.1, 0.15) is 59.5 Å². The van der Waals surface area contributed by atoms with Gasteiger partial charge in [-0.3, -0.25) is 9.48 Å². The summed E-state index contributed by atoms with van der Waals surface area (Å²) in [5.41, 5.74) is 0.661. The third-order valence-corrected chi connectivity index (χ3v) is 4.24. The molecule has 0 unspecified atom stereocenters. The number of rotatable bonds is 3. The smallest absolute Gasteiger partial charge is 0.345 e. The average molecular weight is 337 g/mol. The van der Waals surface area contributed by atoms with Crippen LogP contribution in [0.3, 0.4) is 0 Å². The molecule has 1 aliphatic carbocycles. The second-order valence-corrected chi connectivity index (χ2v) is 6.21. The molecule has 128 valence electrons. The summed E-state index contributed by atoms with van der Waals surface area (Å²) in [6.45, 7) is 3.19. The molecule has 1 aliphatic rings. The Labute approximate surface area is 137 Å². The third-order valence-electron chi connectivity index (χ3n) is 4.24. The van der Waals surface area contributed by atoms with E-state index in [2.05, 4.69) is 10.4 Å². The highest BCUT2D eigenvalue weighted by Gasteiger charge is 2.41. The van der Waals surface area contributed by atoms with Crippen LogP contribution < -0.4 is 5.32 Å². The molecule has 7 heteroatoms. The fraction of sp³-hybridized carbons (Fsp3) is 0.412. The van der Waals surface area contributed by atoms with E-state index in [0.29, 0.717) is 6.42 Å². The van der Waals surface area contributed by atoms with E-state index in [1.54, 1.807) is 13.8 Å². The van der Waals surface area contributed by atoms with Gasteiger partial charge in [0.05, 0.1) is 17.8 Å². The lowest BCUT2D eigenvalue weighted by molar-refractivity contribution is -0.145. The van der Waals surface area contributed by atoms with Gasteiger partial charge in [0.2, 0.25) is 0 Å². The number of hydrogen-bond acceptors (Lipinski definition) is 2. The molecular formula is C17H18F3N3O. The fourth-order valence-corrected chi connectivity index (χ4v) is 3.15. The molecule has 0 saturated carbocycles. The maximum atomic E-state index is 13.4. The molecule has 0 radical (unpaired) electrons. The first kappa shape index (κ1) is 16.5. The van der Waals surface area contributed by atoms with Gasteiger partial charge in [-0.2, -0.15) is 18.3 Å². The lowest BCUT2D eigenvalue weighted by Crippen LogP contribution is -2.29. The van der Waals surface area contributed by atoms with Crippen LogP contribution in [-0.2, 0) is 12.6 Å². The number of halogens is 3. The van der Waals surface area contributed by atoms with Gasteiger partial charge in [-0.15, -0.1) is 0 Å². The van der Waals surface area contributed by atoms with Crippen LogP contribution in [-0.4, -0.2) is 15.7 Å². The molecule has 0 fully saturated rings. The van der Waals surface area contributed by atoms with Crippen molar-refractivity contribution in [2.24, 2.45) is 0 Å². The average Bonchev–Trinajstić information content (AvgIpc) is 3.11. The third kappa shape index (κ3) is 2.90. The molecule has 0 spiro atoms. The maximum Gasteiger partial charge on any atom is 0.433 e. The van der Waals surface area contributed by atoms with Gasteiger partial charge in [0.1, 0.15) is 0 Å². The summed E-state index contributed by atoms with van der Waals surface area (Å²) in [4.78, 5) is 12.4. The first-order valence-electron chi connectivity index (χ1n) is 7.82. The zero-order chi connectivity index (χ0) is 17.5. The summed E-state index contributed by atoms with van der Waals surface area (Å²) in [6, 6.07) is 6.89. The van der Waals surface area contributed by atoms with Gasteiger partial charge >= 0.3 is 6.18 Å². The van der Waals surface area contributed by atoms with Gasteiger partial charge < -0.3 is 5.32 Å².